The second-order valence-electron chi connectivity index (χ2n) is 15.1. The van der Waals surface area contributed by atoms with Gasteiger partial charge in [-0.25, -0.2) is 4.98 Å². The number of aromatic nitrogens is 2. The minimum atomic E-state index is -3.56. The molecule has 1 unspecified atom stereocenters. The topological polar surface area (TPSA) is 186 Å². The molecule has 324 valence electrons. The van der Waals surface area contributed by atoms with Gasteiger partial charge in [0, 0.05) is 62.7 Å². The zero-order valence-electron chi connectivity index (χ0n) is 34.6. The maximum absolute atomic E-state index is 13.2. The van der Waals surface area contributed by atoms with Crippen molar-refractivity contribution in [3.8, 4) is 11.5 Å². The number of carbonyl (C=O) groups is 3. The molecule has 3 aliphatic heterocycles. The van der Waals surface area contributed by atoms with Crippen molar-refractivity contribution in [3.05, 3.63) is 83.0 Å². The molecule has 0 saturated carbocycles. The molecule has 2 saturated heterocycles. The Morgan fingerprint density at radius 1 is 0.885 bits per heavy atom. The van der Waals surface area contributed by atoms with Crippen LogP contribution in [0.2, 0.25) is 5.02 Å². The Labute approximate surface area is 360 Å². The van der Waals surface area contributed by atoms with Gasteiger partial charge in [-0.2, -0.15) is 4.98 Å². The van der Waals surface area contributed by atoms with E-state index in [0.29, 0.717) is 65.2 Å². The number of piperidine rings is 2. The molecule has 4 heterocycles. The lowest BCUT2D eigenvalue weighted by Crippen LogP contribution is -2.52. The summed E-state index contributed by atoms with van der Waals surface area (Å²) in [5.74, 6) is 0.998. The summed E-state index contributed by atoms with van der Waals surface area (Å²) < 4.78 is 35.5. The van der Waals surface area contributed by atoms with Gasteiger partial charge < -0.3 is 44.3 Å². The maximum Gasteiger partial charge on any atom is 0.362 e. The molecule has 1 atom stereocenters. The number of anilines is 5. The van der Waals surface area contributed by atoms with E-state index in [4.69, 9.17) is 30.1 Å². The number of ether oxygens (including phenoxy) is 2. The number of benzene rings is 3. The summed E-state index contributed by atoms with van der Waals surface area (Å²) in [5, 5.41) is 13.1. The smallest absolute Gasteiger partial charge is 0.362 e. The maximum atomic E-state index is 13.2. The number of nitrogens with one attached hydrogen (secondary N) is 4. The fourth-order valence-electron chi connectivity index (χ4n) is 7.94. The number of imide groups is 1. The quantitative estimate of drug-likeness (QED) is 0.0443. The minimum absolute atomic E-state index is 0.196. The normalized spacial score (nSPS) is 17.0. The molecule has 3 aromatic carbocycles. The van der Waals surface area contributed by atoms with E-state index in [2.05, 4.69) is 42.2 Å². The fourth-order valence-corrected chi connectivity index (χ4v) is 9.31. The van der Waals surface area contributed by atoms with Crippen LogP contribution in [0, 0.1) is 0 Å². The first-order valence-electron chi connectivity index (χ1n) is 20.5. The van der Waals surface area contributed by atoms with Crippen LogP contribution in [-0.2, 0) is 29.7 Å². The lowest BCUT2D eigenvalue weighted by molar-refractivity contribution is -0.136. The van der Waals surface area contributed by atoms with Crippen molar-refractivity contribution in [2.24, 2.45) is 0 Å². The van der Waals surface area contributed by atoms with Crippen LogP contribution in [0.25, 0.3) is 0 Å². The number of para-hydroxylation sites is 1. The van der Waals surface area contributed by atoms with Crippen LogP contribution in [0.3, 0.4) is 0 Å². The molecule has 16 nitrogen and oxygen atoms in total. The van der Waals surface area contributed by atoms with Crippen molar-refractivity contribution in [3.63, 3.8) is 0 Å². The molecule has 7 rings (SSSR count). The van der Waals surface area contributed by atoms with Crippen LogP contribution in [0.4, 0.5) is 28.8 Å². The van der Waals surface area contributed by atoms with E-state index in [1.165, 1.54) is 20.4 Å². The number of amides is 3. The van der Waals surface area contributed by atoms with Crippen molar-refractivity contribution in [1.82, 2.24) is 25.5 Å². The van der Waals surface area contributed by atoms with Crippen LogP contribution < -0.4 is 40.9 Å². The van der Waals surface area contributed by atoms with E-state index >= 15 is 0 Å². The van der Waals surface area contributed by atoms with Crippen molar-refractivity contribution >= 4 is 71.1 Å². The molecule has 18 heteroatoms. The Morgan fingerprint density at radius 2 is 1.67 bits per heavy atom. The van der Waals surface area contributed by atoms with Gasteiger partial charge in [-0.3, -0.25) is 24.3 Å². The Balaban J connectivity index is 0.823. The van der Waals surface area contributed by atoms with Gasteiger partial charge in [-0.1, -0.05) is 42.6 Å². The van der Waals surface area contributed by atoms with Crippen LogP contribution in [0.15, 0.2) is 66.9 Å². The third-order valence-electron chi connectivity index (χ3n) is 11.3. The number of hydrogen-bond acceptors (Lipinski definition) is 14. The summed E-state index contributed by atoms with van der Waals surface area (Å²) in [6, 6.07) is 18.2. The minimum Gasteiger partial charge on any atom is -0.494 e. The predicted molar refractivity (Wildman–Crippen MR) is 234 cm³/mol. The molecule has 61 heavy (non-hydrogen) atoms. The van der Waals surface area contributed by atoms with E-state index < -0.39 is 19.5 Å². The summed E-state index contributed by atoms with van der Waals surface area (Å²) in [6.07, 6.45) is 8.20. The van der Waals surface area contributed by atoms with Gasteiger partial charge in [0.05, 0.1) is 43.1 Å². The third-order valence-corrected chi connectivity index (χ3v) is 13.5. The van der Waals surface area contributed by atoms with E-state index in [1.807, 2.05) is 24.3 Å². The van der Waals surface area contributed by atoms with E-state index in [-0.39, 0.29) is 29.2 Å². The summed E-state index contributed by atoms with van der Waals surface area (Å²) in [6.45, 7) is 3.65. The molecule has 2 fully saturated rings. The standard InChI is InChI=1S/C43H52ClN8O8P/c1-57-37-25-29(15-16-33(37)48-43-46-26-32(44)40(50-43)47-34-12-6-7-14-38(34)61(56,58-2)59-3)51-22-19-28(20-23-51)45-21-8-4-5-9-24-60-36-13-10-11-30-31(36)27-52(42(30)55)35-17-18-39(53)49-41(35)54/h6-7,10-16,25-26,28,35,45H,4-5,8-9,17-24,27H2,1-3H3,(H,49,53,54)(H2,46,47,48,50). The highest BCUT2D eigenvalue weighted by atomic mass is 35.5. The van der Waals surface area contributed by atoms with Crippen LogP contribution >= 0.6 is 19.2 Å². The first-order valence-corrected chi connectivity index (χ1v) is 22.5. The van der Waals surface area contributed by atoms with E-state index in [9.17, 15) is 18.9 Å². The molecular weight excluding hydrogens is 823 g/mol. The summed E-state index contributed by atoms with van der Waals surface area (Å²) in [7, 11) is 0.729. The Bertz CT molecular complexity index is 2270. The van der Waals surface area contributed by atoms with Crippen LogP contribution in [0.5, 0.6) is 11.5 Å². The van der Waals surface area contributed by atoms with Gasteiger partial charge in [0.25, 0.3) is 5.91 Å². The Kier molecular flexibility index (Phi) is 14.4. The Morgan fingerprint density at radius 3 is 2.44 bits per heavy atom. The third kappa shape index (κ3) is 10.3. The molecule has 4 N–H and O–H groups in total. The molecule has 0 spiro atoms. The fraction of sp³-hybridized carbons (Fsp3) is 0.419. The average Bonchev–Trinajstić information content (AvgIpc) is 3.62. The van der Waals surface area contributed by atoms with E-state index in [1.54, 1.807) is 42.3 Å². The second kappa shape index (κ2) is 20.1. The van der Waals surface area contributed by atoms with Gasteiger partial charge in [0.15, 0.2) is 5.82 Å². The molecule has 0 bridgehead atoms. The number of fused-ring (bicyclic) bond motifs is 1. The first kappa shape index (κ1) is 43.8. The predicted octanol–water partition coefficient (Wildman–Crippen LogP) is 6.70. The summed E-state index contributed by atoms with van der Waals surface area (Å²) >= 11 is 6.47. The molecule has 0 aliphatic carbocycles. The highest BCUT2D eigenvalue weighted by molar-refractivity contribution is 7.62. The molecular formula is C43H52ClN8O8P. The average molecular weight is 875 g/mol. The van der Waals surface area contributed by atoms with Crippen molar-refractivity contribution < 1.29 is 37.5 Å². The summed E-state index contributed by atoms with van der Waals surface area (Å²) in [4.78, 5) is 50.0. The van der Waals surface area contributed by atoms with Crippen molar-refractivity contribution in [2.75, 3.05) is 63.1 Å². The number of nitrogens with zero attached hydrogens (tertiary/aromatic N) is 4. The second-order valence-corrected chi connectivity index (χ2v) is 17.7. The number of halogens is 1. The Hall–Kier alpha value is -5.25. The lowest BCUT2D eigenvalue weighted by atomic mass is 10.0. The zero-order valence-corrected chi connectivity index (χ0v) is 36.2. The number of methoxy groups -OCH3 is 1. The molecule has 1 aromatic heterocycles. The molecule has 4 aromatic rings. The summed E-state index contributed by atoms with van der Waals surface area (Å²) in [5.41, 5.74) is 3.59. The number of carbonyl (C=O) groups excluding carboxylic acids is 3. The highest BCUT2D eigenvalue weighted by Gasteiger charge is 2.40. The van der Waals surface area contributed by atoms with Crippen LogP contribution in [0.1, 0.15) is 67.3 Å². The molecule has 3 aliphatic rings. The first-order chi connectivity index (χ1) is 29.6. The molecule has 3 amide bonds. The van der Waals surface area contributed by atoms with Gasteiger partial charge in [-0.15, -0.1) is 0 Å². The number of hydrogen-bond donors (Lipinski definition) is 4. The number of unbranched alkanes of at least 4 members (excludes halogenated alkanes) is 3. The monoisotopic (exact) mass is 874 g/mol. The van der Waals surface area contributed by atoms with Gasteiger partial charge in [0.2, 0.25) is 17.8 Å². The van der Waals surface area contributed by atoms with Crippen molar-refractivity contribution in [1.29, 1.82) is 0 Å². The largest absolute Gasteiger partial charge is 0.494 e. The number of rotatable bonds is 19. The van der Waals surface area contributed by atoms with Gasteiger partial charge in [0.1, 0.15) is 22.6 Å². The highest BCUT2D eigenvalue weighted by Crippen LogP contribution is 2.47. The van der Waals surface area contributed by atoms with Gasteiger partial charge >= 0.3 is 7.60 Å². The SMILES string of the molecule is COc1cc(N2CCC(NCCCCCCOc3cccc4c3CN(C3CCC(=O)NC3=O)C4=O)CC2)ccc1Nc1ncc(Cl)c(Nc2ccccc2P(=O)(OC)OC)n1. The van der Waals surface area contributed by atoms with E-state index in [0.717, 1.165) is 69.4 Å². The van der Waals surface area contributed by atoms with Gasteiger partial charge in [-0.05, 0) is 75.0 Å². The lowest BCUT2D eigenvalue weighted by Gasteiger charge is -2.34. The molecule has 0 radical (unpaired) electrons. The zero-order chi connectivity index (χ0) is 42.9. The van der Waals surface area contributed by atoms with Crippen molar-refractivity contribution in [2.45, 2.75) is 70.0 Å². The van der Waals surface area contributed by atoms with Crippen LogP contribution in [-0.4, -0.2) is 92.2 Å².